The van der Waals surface area contributed by atoms with E-state index in [1.54, 1.807) is 26.2 Å². The topological polar surface area (TPSA) is 130 Å². The number of hydrogen-bond donors (Lipinski definition) is 1. The molecule has 2 aromatic heterocycles. The molecule has 1 aliphatic rings. The number of aryl methyl sites for hydroxylation is 1. The third-order valence-corrected chi connectivity index (χ3v) is 7.43. The first-order valence-corrected chi connectivity index (χ1v) is 13.1. The fourth-order valence-corrected chi connectivity index (χ4v) is 4.99. The van der Waals surface area contributed by atoms with E-state index in [0.717, 1.165) is 17.7 Å². The molecule has 0 amide bonds. The largest absolute Gasteiger partial charge is 0.490 e. The van der Waals surface area contributed by atoms with Gasteiger partial charge in [0.15, 0.2) is 23.3 Å². The summed E-state index contributed by atoms with van der Waals surface area (Å²) in [6.07, 6.45) is 1.87. The maximum atomic E-state index is 14.1. The van der Waals surface area contributed by atoms with Gasteiger partial charge in [-0.25, -0.2) is 27.2 Å². The second-order valence-electron chi connectivity index (χ2n) is 8.98. The van der Waals surface area contributed by atoms with Gasteiger partial charge in [0, 0.05) is 25.6 Å². The molecule has 37 heavy (non-hydrogen) atoms. The molecule has 11 nitrogen and oxygen atoms in total. The monoisotopic (exact) mass is 538 g/mol. The van der Waals surface area contributed by atoms with Crippen LogP contribution in [0.25, 0.3) is 11.4 Å². The molecular weight excluding hydrogens is 510 g/mol. The highest BCUT2D eigenvalue weighted by Gasteiger charge is 2.37. The number of nitrogens with zero attached hydrogens (tertiary/aromatic N) is 5. The molecular formula is C23H28F2N6O5S. The summed E-state index contributed by atoms with van der Waals surface area (Å²) in [6, 6.07) is 1.24. The van der Waals surface area contributed by atoms with Gasteiger partial charge in [-0.1, -0.05) is 0 Å². The predicted molar refractivity (Wildman–Crippen MR) is 130 cm³/mol. The average molecular weight is 539 g/mol. The van der Waals surface area contributed by atoms with E-state index in [1.165, 1.54) is 18.6 Å². The number of fused-ring (bicyclic) bond motifs is 3. The Labute approximate surface area is 213 Å². The Kier molecular flexibility index (Phi) is 7.71. The summed E-state index contributed by atoms with van der Waals surface area (Å²) in [5, 5.41) is 6.94. The van der Waals surface area contributed by atoms with Crippen molar-refractivity contribution in [3.8, 4) is 17.1 Å². The molecule has 0 radical (unpaired) electrons. The van der Waals surface area contributed by atoms with Crippen molar-refractivity contribution in [3.05, 3.63) is 47.5 Å². The Hall–Kier alpha value is -3.23. The normalized spacial score (nSPS) is 16.9. The van der Waals surface area contributed by atoms with Gasteiger partial charge in [-0.2, -0.15) is 0 Å². The van der Waals surface area contributed by atoms with Crippen LogP contribution >= 0.6 is 0 Å². The van der Waals surface area contributed by atoms with Gasteiger partial charge in [0.1, 0.15) is 23.7 Å². The summed E-state index contributed by atoms with van der Waals surface area (Å²) in [4.78, 5) is 8.52. The molecule has 1 aliphatic heterocycles. The molecule has 4 rings (SSSR count). The van der Waals surface area contributed by atoms with Crippen molar-refractivity contribution in [1.29, 1.82) is 0 Å². The molecule has 2 unspecified atom stereocenters. The van der Waals surface area contributed by atoms with Crippen LogP contribution in [0.15, 0.2) is 24.5 Å². The van der Waals surface area contributed by atoms with Crippen LogP contribution in [0.4, 0.5) is 14.7 Å². The van der Waals surface area contributed by atoms with Crippen LogP contribution in [-0.2, 0) is 19.5 Å². The molecule has 1 aromatic carbocycles. The zero-order chi connectivity index (χ0) is 26.9. The third kappa shape index (κ3) is 5.55. The second kappa shape index (κ2) is 10.6. The van der Waals surface area contributed by atoms with Crippen LogP contribution < -0.4 is 9.46 Å². The highest BCUT2D eigenvalue weighted by Crippen LogP contribution is 2.38. The molecule has 0 fully saturated rings. The Morgan fingerprint density at radius 3 is 2.49 bits per heavy atom. The van der Waals surface area contributed by atoms with Crippen LogP contribution in [0.1, 0.15) is 44.3 Å². The van der Waals surface area contributed by atoms with Crippen LogP contribution in [0, 0.1) is 18.6 Å². The lowest BCUT2D eigenvalue weighted by Gasteiger charge is -2.26. The summed E-state index contributed by atoms with van der Waals surface area (Å²) in [7, 11) is -2.70. The van der Waals surface area contributed by atoms with E-state index in [1.807, 2.05) is 6.92 Å². The Bertz CT molecular complexity index is 1370. The van der Waals surface area contributed by atoms with E-state index >= 15 is 0 Å². The smallest absolute Gasteiger partial charge is 0.240 e. The van der Waals surface area contributed by atoms with Gasteiger partial charge in [0.2, 0.25) is 16.0 Å². The van der Waals surface area contributed by atoms with E-state index < -0.39 is 39.1 Å². The van der Waals surface area contributed by atoms with Crippen molar-refractivity contribution >= 4 is 16.0 Å². The van der Waals surface area contributed by atoms with Gasteiger partial charge in [-0.3, -0.25) is 9.29 Å². The summed E-state index contributed by atoms with van der Waals surface area (Å²) in [5.41, 5.74) is 0.937. The zero-order valence-corrected chi connectivity index (χ0v) is 21.8. The molecule has 1 N–H and O–H groups in total. The number of nitrogens with one attached hydrogen (secondary N) is 1. The highest BCUT2D eigenvalue weighted by atomic mass is 32.2. The molecule has 14 heteroatoms. The minimum Gasteiger partial charge on any atom is -0.490 e. The van der Waals surface area contributed by atoms with Crippen molar-refractivity contribution in [2.45, 2.75) is 51.2 Å². The van der Waals surface area contributed by atoms with Gasteiger partial charge in [-0.15, -0.1) is 10.2 Å². The molecule has 3 atom stereocenters. The first-order valence-electron chi connectivity index (χ1n) is 11.5. The van der Waals surface area contributed by atoms with Gasteiger partial charge in [0.05, 0.1) is 24.3 Å². The van der Waals surface area contributed by atoms with Crippen LogP contribution in [0.2, 0.25) is 0 Å². The average Bonchev–Trinajstić information content (AvgIpc) is 3.18. The summed E-state index contributed by atoms with van der Waals surface area (Å²) in [5.74, 6) is -1.97. The highest BCUT2D eigenvalue weighted by molar-refractivity contribution is 7.93. The summed E-state index contributed by atoms with van der Waals surface area (Å²) < 4.78 is 75.8. The van der Waals surface area contributed by atoms with Crippen molar-refractivity contribution in [2.75, 3.05) is 25.0 Å². The number of sulfonamides is 1. The first-order chi connectivity index (χ1) is 17.5. The Morgan fingerprint density at radius 1 is 1.16 bits per heavy atom. The number of halogens is 2. The van der Waals surface area contributed by atoms with Gasteiger partial charge >= 0.3 is 0 Å². The molecule has 3 aromatic rings. The molecule has 200 valence electrons. The number of rotatable bonds is 9. The van der Waals surface area contributed by atoms with Gasteiger partial charge in [-0.05, 0) is 39.3 Å². The minimum absolute atomic E-state index is 0.0302. The second-order valence-corrected chi connectivity index (χ2v) is 11.0. The fourth-order valence-electron chi connectivity index (χ4n) is 3.90. The maximum Gasteiger partial charge on any atom is 0.240 e. The van der Waals surface area contributed by atoms with E-state index in [9.17, 15) is 17.2 Å². The maximum absolute atomic E-state index is 14.1. The fraction of sp³-hybridized carbons (Fsp3) is 0.478. The molecule has 0 saturated heterocycles. The first kappa shape index (κ1) is 26.8. The number of methoxy groups -OCH3 is 1. The zero-order valence-electron chi connectivity index (χ0n) is 21.0. The summed E-state index contributed by atoms with van der Waals surface area (Å²) >= 11 is 0. The lowest BCUT2D eigenvalue weighted by molar-refractivity contribution is 0.00152. The number of benzene rings is 1. The molecule has 3 heterocycles. The molecule has 0 bridgehead atoms. The number of ether oxygens (including phenoxy) is 3. The standard InChI is InChI=1S/C23H28F2N6O5S/c1-12(2)36-20(21-26-8-13(3)9-27-21)14(4)37(32,33)30-23-29-28-22-16-6-17(24)18(25)7-19(16)35-11-15(10-34-5)31(22)23/h6-9,12,14-15,20H,10-11H2,1-5H3,(H,29,30)/t14?,15-,20?/m1/s1. The van der Waals surface area contributed by atoms with E-state index in [0.29, 0.717) is 0 Å². The van der Waals surface area contributed by atoms with Crippen molar-refractivity contribution in [3.63, 3.8) is 0 Å². The van der Waals surface area contributed by atoms with Gasteiger partial charge < -0.3 is 14.2 Å². The van der Waals surface area contributed by atoms with E-state index in [-0.39, 0.29) is 48.2 Å². The lowest BCUT2D eigenvalue weighted by atomic mass is 10.1. The lowest BCUT2D eigenvalue weighted by Crippen LogP contribution is -2.35. The summed E-state index contributed by atoms with van der Waals surface area (Å²) in [6.45, 7) is 6.91. The Balaban J connectivity index is 1.73. The van der Waals surface area contributed by atoms with Crippen molar-refractivity contribution < 1.29 is 31.4 Å². The van der Waals surface area contributed by atoms with Crippen molar-refractivity contribution in [2.24, 2.45) is 0 Å². The molecule has 0 spiro atoms. The Morgan fingerprint density at radius 2 is 1.84 bits per heavy atom. The quantitative estimate of drug-likeness (QED) is 0.436. The van der Waals surface area contributed by atoms with Crippen LogP contribution in [0.3, 0.4) is 0 Å². The third-order valence-electron chi connectivity index (χ3n) is 5.74. The minimum atomic E-state index is -4.16. The van der Waals surface area contributed by atoms with Gasteiger partial charge in [0.25, 0.3) is 0 Å². The van der Waals surface area contributed by atoms with Crippen LogP contribution in [-0.4, -0.2) is 64.8 Å². The number of aromatic nitrogens is 5. The number of anilines is 1. The SMILES string of the molecule is COC[C@@H]1COc2cc(F)c(F)cc2-c2nnc(NS(=O)(=O)C(C)C(OC(C)C)c3ncc(C)cn3)n21. The predicted octanol–water partition coefficient (Wildman–Crippen LogP) is 3.20. The van der Waals surface area contributed by atoms with Crippen LogP contribution in [0.5, 0.6) is 5.75 Å². The molecule has 0 saturated carbocycles. The number of hydrogen-bond acceptors (Lipinski definition) is 9. The van der Waals surface area contributed by atoms with Crippen molar-refractivity contribution in [1.82, 2.24) is 24.7 Å². The van der Waals surface area contributed by atoms with E-state index in [2.05, 4.69) is 24.9 Å². The van der Waals surface area contributed by atoms with E-state index in [4.69, 9.17) is 14.2 Å². The molecule has 0 aliphatic carbocycles.